The van der Waals surface area contributed by atoms with Crippen LogP contribution in [-0.2, 0) is 0 Å². The number of benzene rings is 2. The summed E-state index contributed by atoms with van der Waals surface area (Å²) in [7, 11) is 0. The minimum Gasteiger partial charge on any atom is -0.457 e. The van der Waals surface area contributed by atoms with Crippen LogP contribution in [0.2, 0.25) is 0 Å². The van der Waals surface area contributed by atoms with Crippen LogP contribution in [0.1, 0.15) is 10.5 Å². The molecule has 0 bridgehead atoms. The van der Waals surface area contributed by atoms with Gasteiger partial charge in [-0.1, -0.05) is 18.2 Å². The molecular formula is C22H17N3O3. The van der Waals surface area contributed by atoms with E-state index < -0.39 is 5.91 Å². The molecule has 28 heavy (non-hydrogen) atoms. The first-order chi connectivity index (χ1) is 13.7. The van der Waals surface area contributed by atoms with Gasteiger partial charge in [-0.15, -0.1) is 0 Å². The Balaban J connectivity index is 1.60. The second kappa shape index (κ2) is 7.67. The summed E-state index contributed by atoms with van der Waals surface area (Å²) >= 11 is 0. The van der Waals surface area contributed by atoms with E-state index in [1.807, 2.05) is 54.6 Å². The van der Waals surface area contributed by atoms with Crippen LogP contribution in [0.15, 0.2) is 91.4 Å². The molecule has 0 atom stereocenters. The zero-order valence-electron chi connectivity index (χ0n) is 14.9. The van der Waals surface area contributed by atoms with Crippen LogP contribution >= 0.6 is 0 Å². The molecule has 0 aliphatic carbocycles. The number of aromatic nitrogens is 2. The lowest BCUT2D eigenvalue weighted by molar-refractivity contribution is 0.0994. The van der Waals surface area contributed by atoms with Gasteiger partial charge in [-0.25, -0.2) is 0 Å². The summed E-state index contributed by atoms with van der Waals surface area (Å²) in [6.07, 6.45) is 5.06. The predicted molar refractivity (Wildman–Crippen MR) is 105 cm³/mol. The Kier molecular flexibility index (Phi) is 4.76. The van der Waals surface area contributed by atoms with Gasteiger partial charge in [-0.05, 0) is 48.5 Å². The van der Waals surface area contributed by atoms with Crippen LogP contribution in [0.3, 0.4) is 0 Å². The van der Waals surface area contributed by atoms with Gasteiger partial charge in [-0.2, -0.15) is 0 Å². The summed E-state index contributed by atoms with van der Waals surface area (Å²) in [6, 6.07) is 21.8. The smallest absolute Gasteiger partial charge is 0.265 e. The summed E-state index contributed by atoms with van der Waals surface area (Å²) in [5.74, 6) is 2.03. The summed E-state index contributed by atoms with van der Waals surface area (Å²) in [5, 5.41) is 0. The Morgan fingerprint density at radius 1 is 0.786 bits per heavy atom. The molecule has 0 unspecified atom stereocenters. The van der Waals surface area contributed by atoms with Gasteiger partial charge in [-0.3, -0.25) is 9.78 Å². The van der Waals surface area contributed by atoms with E-state index in [9.17, 15) is 4.79 Å². The fourth-order valence-electron chi connectivity index (χ4n) is 2.74. The van der Waals surface area contributed by atoms with Crippen LogP contribution in [0.5, 0.6) is 23.0 Å². The number of ether oxygens (including phenoxy) is 2. The van der Waals surface area contributed by atoms with E-state index in [0.717, 1.165) is 5.69 Å². The van der Waals surface area contributed by atoms with E-state index in [-0.39, 0.29) is 0 Å². The molecule has 138 valence electrons. The third-order valence-corrected chi connectivity index (χ3v) is 4.03. The Morgan fingerprint density at radius 2 is 1.39 bits per heavy atom. The molecule has 1 amide bonds. The maximum atomic E-state index is 11.9. The summed E-state index contributed by atoms with van der Waals surface area (Å²) < 4.78 is 13.3. The molecular weight excluding hydrogens is 354 g/mol. The third-order valence-electron chi connectivity index (χ3n) is 4.03. The van der Waals surface area contributed by atoms with Crippen LogP contribution < -0.4 is 15.2 Å². The highest BCUT2D eigenvalue weighted by molar-refractivity contribution is 5.92. The normalized spacial score (nSPS) is 10.4. The van der Waals surface area contributed by atoms with Gasteiger partial charge >= 0.3 is 0 Å². The van der Waals surface area contributed by atoms with Crippen LogP contribution in [0.25, 0.3) is 5.69 Å². The Morgan fingerprint density at radius 3 is 2.07 bits per heavy atom. The van der Waals surface area contributed by atoms with Crippen molar-refractivity contribution in [2.45, 2.75) is 0 Å². The van der Waals surface area contributed by atoms with Crippen molar-refractivity contribution in [1.29, 1.82) is 0 Å². The number of rotatable bonds is 6. The standard InChI is InChI=1S/C22H17N3O3/c23-22(26)21-14-20(28-17-4-2-1-3-5-17)15-25(21)16-6-8-18(9-7-16)27-19-10-12-24-13-11-19/h1-15H,(H2,23,26). The molecule has 0 radical (unpaired) electrons. The highest BCUT2D eigenvalue weighted by atomic mass is 16.5. The molecule has 4 aromatic rings. The first-order valence-corrected chi connectivity index (χ1v) is 8.62. The molecule has 0 spiro atoms. The molecule has 2 aromatic heterocycles. The van der Waals surface area contributed by atoms with E-state index in [1.54, 1.807) is 41.4 Å². The van der Waals surface area contributed by atoms with E-state index >= 15 is 0 Å². The Labute approximate surface area is 161 Å². The number of hydrogen-bond donors (Lipinski definition) is 1. The van der Waals surface area contributed by atoms with Gasteiger partial charge in [0, 0.05) is 24.1 Å². The zero-order valence-corrected chi connectivity index (χ0v) is 14.9. The third kappa shape index (κ3) is 3.86. The van der Waals surface area contributed by atoms with Crippen LogP contribution in [0, 0.1) is 0 Å². The maximum absolute atomic E-state index is 11.9. The molecule has 6 nitrogen and oxygen atoms in total. The van der Waals surface area contributed by atoms with Gasteiger partial charge in [0.1, 0.15) is 28.7 Å². The number of para-hydroxylation sites is 1. The minimum absolute atomic E-state index is 0.328. The molecule has 0 saturated carbocycles. The molecule has 6 heteroatoms. The van der Waals surface area contributed by atoms with E-state index in [0.29, 0.717) is 28.7 Å². The van der Waals surface area contributed by atoms with E-state index in [4.69, 9.17) is 15.2 Å². The maximum Gasteiger partial charge on any atom is 0.265 e. The monoisotopic (exact) mass is 371 g/mol. The molecule has 0 aliphatic heterocycles. The number of pyridine rings is 1. The molecule has 2 heterocycles. The summed E-state index contributed by atoms with van der Waals surface area (Å²) in [6.45, 7) is 0. The molecule has 2 aromatic carbocycles. The number of carbonyl (C=O) groups excluding carboxylic acids is 1. The average Bonchev–Trinajstić information content (AvgIpc) is 3.14. The van der Waals surface area contributed by atoms with Crippen molar-refractivity contribution in [3.63, 3.8) is 0 Å². The highest BCUT2D eigenvalue weighted by Gasteiger charge is 2.14. The summed E-state index contributed by atoms with van der Waals surface area (Å²) in [5.41, 5.74) is 6.64. The molecule has 0 saturated heterocycles. The van der Waals surface area contributed by atoms with Gasteiger partial charge in [0.2, 0.25) is 0 Å². The average molecular weight is 371 g/mol. The largest absolute Gasteiger partial charge is 0.457 e. The molecule has 0 aliphatic rings. The number of carbonyl (C=O) groups is 1. The number of hydrogen-bond acceptors (Lipinski definition) is 4. The lowest BCUT2D eigenvalue weighted by Gasteiger charge is -2.09. The van der Waals surface area contributed by atoms with Crippen molar-refractivity contribution in [1.82, 2.24) is 9.55 Å². The van der Waals surface area contributed by atoms with Crippen molar-refractivity contribution >= 4 is 5.91 Å². The van der Waals surface area contributed by atoms with Crippen molar-refractivity contribution in [2.24, 2.45) is 5.73 Å². The van der Waals surface area contributed by atoms with Gasteiger partial charge in [0.05, 0.1) is 6.20 Å². The lowest BCUT2D eigenvalue weighted by atomic mass is 10.3. The molecule has 0 fully saturated rings. The van der Waals surface area contributed by atoms with Crippen LogP contribution in [-0.4, -0.2) is 15.5 Å². The van der Waals surface area contributed by atoms with Gasteiger partial charge in [0.15, 0.2) is 0 Å². The molecule has 4 rings (SSSR count). The van der Waals surface area contributed by atoms with Gasteiger partial charge in [0.25, 0.3) is 5.91 Å². The van der Waals surface area contributed by atoms with Crippen molar-refractivity contribution in [2.75, 3.05) is 0 Å². The topological polar surface area (TPSA) is 79.4 Å². The van der Waals surface area contributed by atoms with Crippen LogP contribution in [0.4, 0.5) is 0 Å². The number of amides is 1. The number of primary amides is 1. The predicted octanol–water partition coefficient (Wildman–Crippen LogP) is 4.56. The number of nitrogens with two attached hydrogens (primary N) is 1. The fourth-order valence-corrected chi connectivity index (χ4v) is 2.74. The van der Waals surface area contributed by atoms with E-state index in [1.165, 1.54) is 0 Å². The Hall–Kier alpha value is -4.06. The summed E-state index contributed by atoms with van der Waals surface area (Å²) in [4.78, 5) is 15.8. The second-order valence-corrected chi connectivity index (χ2v) is 5.99. The van der Waals surface area contributed by atoms with Crippen molar-refractivity contribution in [3.8, 4) is 28.7 Å². The fraction of sp³-hybridized carbons (Fsp3) is 0. The quantitative estimate of drug-likeness (QED) is 0.539. The highest BCUT2D eigenvalue weighted by Crippen LogP contribution is 2.27. The minimum atomic E-state index is -0.542. The van der Waals surface area contributed by atoms with Gasteiger partial charge < -0.3 is 19.8 Å². The van der Waals surface area contributed by atoms with Crippen molar-refractivity contribution < 1.29 is 14.3 Å². The lowest BCUT2D eigenvalue weighted by Crippen LogP contribution is -2.15. The van der Waals surface area contributed by atoms with Crippen molar-refractivity contribution in [3.05, 3.63) is 97.1 Å². The SMILES string of the molecule is NC(=O)c1cc(Oc2ccccc2)cn1-c1ccc(Oc2ccncc2)cc1. The Bertz CT molecular complexity index is 1080. The van der Waals surface area contributed by atoms with E-state index in [2.05, 4.69) is 4.98 Å². The zero-order chi connectivity index (χ0) is 19.3. The first kappa shape index (κ1) is 17.4. The first-order valence-electron chi connectivity index (χ1n) is 8.62. The number of nitrogens with zero attached hydrogens (tertiary/aromatic N) is 2. The molecule has 2 N–H and O–H groups in total. The second-order valence-electron chi connectivity index (χ2n) is 5.99.